The molecule has 1 aliphatic rings. The lowest BCUT2D eigenvalue weighted by atomic mass is 10.1. The topological polar surface area (TPSA) is 96.9 Å². The molecular formula is C16H22N2O5. The van der Waals surface area contributed by atoms with Crippen molar-refractivity contribution in [1.29, 1.82) is 0 Å². The minimum Gasteiger partial charge on any atom is -0.482 e. The van der Waals surface area contributed by atoms with Gasteiger partial charge in [-0.05, 0) is 43.7 Å². The maximum Gasteiger partial charge on any atom is 0.343 e. The van der Waals surface area contributed by atoms with Gasteiger partial charge in [0.05, 0.1) is 19.3 Å². The first-order valence-corrected chi connectivity index (χ1v) is 7.59. The van der Waals surface area contributed by atoms with Crippen molar-refractivity contribution in [2.24, 2.45) is 0 Å². The highest BCUT2D eigenvalue weighted by Gasteiger charge is 2.23. The molecule has 23 heavy (non-hydrogen) atoms. The van der Waals surface area contributed by atoms with Gasteiger partial charge in [-0.25, -0.2) is 4.79 Å². The molecule has 1 aromatic carbocycles. The summed E-state index contributed by atoms with van der Waals surface area (Å²) in [4.78, 5) is 23.2. The molecule has 1 saturated heterocycles. The number of aliphatic hydroxyl groups excluding tert-OH is 1. The van der Waals surface area contributed by atoms with E-state index in [-0.39, 0.29) is 18.6 Å². The Morgan fingerprint density at radius 2 is 2.09 bits per heavy atom. The summed E-state index contributed by atoms with van der Waals surface area (Å²) >= 11 is 0. The Morgan fingerprint density at radius 1 is 1.35 bits per heavy atom. The number of esters is 1. The molecule has 0 aliphatic carbocycles. The number of hydrogen-bond donors (Lipinski definition) is 3. The summed E-state index contributed by atoms with van der Waals surface area (Å²) in [6.45, 7) is 1.21. The van der Waals surface area contributed by atoms with Crippen molar-refractivity contribution in [2.45, 2.75) is 25.0 Å². The van der Waals surface area contributed by atoms with E-state index in [0.717, 1.165) is 13.0 Å². The summed E-state index contributed by atoms with van der Waals surface area (Å²) in [7, 11) is 1.29. The van der Waals surface area contributed by atoms with Crippen LogP contribution in [-0.2, 0) is 9.53 Å². The Balaban J connectivity index is 1.90. The van der Waals surface area contributed by atoms with E-state index >= 15 is 0 Å². The Hall–Kier alpha value is -2.12. The van der Waals surface area contributed by atoms with Gasteiger partial charge >= 0.3 is 5.97 Å². The fraction of sp³-hybridized carbons (Fsp3) is 0.500. The van der Waals surface area contributed by atoms with Crippen LogP contribution in [-0.4, -0.2) is 55.9 Å². The van der Waals surface area contributed by atoms with Gasteiger partial charge in [0.15, 0.2) is 6.61 Å². The van der Waals surface area contributed by atoms with Gasteiger partial charge in [-0.3, -0.25) is 4.79 Å². The number of methoxy groups -OCH3 is 1. The molecule has 0 unspecified atom stereocenters. The van der Waals surface area contributed by atoms with Crippen LogP contribution in [0.15, 0.2) is 24.3 Å². The van der Waals surface area contributed by atoms with E-state index in [1.807, 2.05) is 0 Å². The molecule has 1 fully saturated rings. The van der Waals surface area contributed by atoms with Gasteiger partial charge in [0.2, 0.25) is 0 Å². The van der Waals surface area contributed by atoms with Crippen LogP contribution < -0.4 is 15.4 Å². The Kier molecular flexibility index (Phi) is 6.37. The molecule has 0 aromatic heterocycles. The molecule has 0 radical (unpaired) electrons. The Labute approximate surface area is 135 Å². The fourth-order valence-electron chi connectivity index (χ4n) is 2.33. The number of rotatable bonds is 5. The van der Waals surface area contributed by atoms with Crippen molar-refractivity contribution in [3.05, 3.63) is 29.8 Å². The highest BCUT2D eigenvalue weighted by atomic mass is 16.6. The van der Waals surface area contributed by atoms with E-state index in [9.17, 15) is 14.7 Å². The lowest BCUT2D eigenvalue weighted by Crippen LogP contribution is -2.47. The number of benzene rings is 1. The lowest BCUT2D eigenvalue weighted by molar-refractivity contribution is -0.142. The fourth-order valence-corrected chi connectivity index (χ4v) is 2.33. The predicted octanol–water partition coefficient (Wildman–Crippen LogP) is 0.0811. The minimum atomic E-state index is -0.545. The molecule has 126 valence electrons. The zero-order valence-corrected chi connectivity index (χ0v) is 13.1. The molecule has 0 bridgehead atoms. The van der Waals surface area contributed by atoms with Crippen LogP contribution in [0.25, 0.3) is 0 Å². The average Bonchev–Trinajstić information content (AvgIpc) is 2.77. The molecule has 1 heterocycles. The number of hydrogen-bond acceptors (Lipinski definition) is 6. The number of ether oxygens (including phenoxy) is 2. The number of aliphatic hydroxyl groups is 1. The third kappa shape index (κ3) is 5.22. The van der Waals surface area contributed by atoms with E-state index in [1.54, 1.807) is 24.3 Å². The van der Waals surface area contributed by atoms with Gasteiger partial charge in [-0.2, -0.15) is 0 Å². The lowest BCUT2D eigenvalue weighted by Gasteiger charge is -2.21. The molecule has 1 aliphatic heterocycles. The Bertz CT molecular complexity index is 532. The molecule has 0 spiro atoms. The van der Waals surface area contributed by atoms with Gasteiger partial charge in [0, 0.05) is 12.1 Å². The molecule has 1 aromatic rings. The van der Waals surface area contributed by atoms with Crippen molar-refractivity contribution in [1.82, 2.24) is 10.6 Å². The average molecular weight is 322 g/mol. The first kappa shape index (κ1) is 17.2. The summed E-state index contributed by atoms with van der Waals surface area (Å²) < 4.78 is 9.70. The first-order valence-electron chi connectivity index (χ1n) is 7.59. The van der Waals surface area contributed by atoms with E-state index in [4.69, 9.17) is 4.74 Å². The van der Waals surface area contributed by atoms with Crippen LogP contribution in [0.2, 0.25) is 0 Å². The van der Waals surface area contributed by atoms with Crippen molar-refractivity contribution in [2.75, 3.05) is 26.8 Å². The third-order valence-electron chi connectivity index (χ3n) is 3.70. The van der Waals surface area contributed by atoms with Crippen LogP contribution in [0.4, 0.5) is 0 Å². The highest BCUT2D eigenvalue weighted by molar-refractivity contribution is 5.94. The molecule has 3 N–H and O–H groups in total. The molecule has 2 atom stereocenters. The van der Waals surface area contributed by atoms with Crippen LogP contribution in [0.3, 0.4) is 0 Å². The summed E-state index contributed by atoms with van der Waals surface area (Å²) in [5, 5.41) is 16.0. The SMILES string of the molecule is COC(=O)COc1ccc(C(=O)N[C@H]2CNCCC[C@H]2O)cc1. The largest absolute Gasteiger partial charge is 0.482 e. The number of carbonyl (C=O) groups excluding carboxylic acids is 2. The van der Waals surface area contributed by atoms with Crippen molar-refractivity contribution < 1.29 is 24.2 Å². The van der Waals surface area contributed by atoms with Crippen LogP contribution in [0.5, 0.6) is 5.75 Å². The van der Waals surface area contributed by atoms with E-state index in [1.165, 1.54) is 7.11 Å². The van der Waals surface area contributed by atoms with E-state index in [2.05, 4.69) is 15.4 Å². The maximum atomic E-state index is 12.2. The predicted molar refractivity (Wildman–Crippen MR) is 83.3 cm³/mol. The van der Waals surface area contributed by atoms with Crippen LogP contribution in [0, 0.1) is 0 Å². The number of amides is 1. The quantitative estimate of drug-likeness (QED) is 0.665. The van der Waals surface area contributed by atoms with Gasteiger partial charge in [-0.1, -0.05) is 0 Å². The van der Waals surface area contributed by atoms with Gasteiger partial charge in [0.25, 0.3) is 5.91 Å². The van der Waals surface area contributed by atoms with Gasteiger partial charge in [0.1, 0.15) is 5.75 Å². The van der Waals surface area contributed by atoms with Crippen molar-refractivity contribution >= 4 is 11.9 Å². The van der Waals surface area contributed by atoms with Crippen LogP contribution in [0.1, 0.15) is 23.2 Å². The zero-order chi connectivity index (χ0) is 16.7. The third-order valence-corrected chi connectivity index (χ3v) is 3.70. The summed E-state index contributed by atoms with van der Waals surface area (Å²) in [5.74, 6) is -0.248. The first-order chi connectivity index (χ1) is 11.1. The van der Waals surface area contributed by atoms with Crippen molar-refractivity contribution in [3.8, 4) is 5.75 Å². The zero-order valence-electron chi connectivity index (χ0n) is 13.1. The molecule has 7 heteroatoms. The minimum absolute atomic E-state index is 0.179. The van der Waals surface area contributed by atoms with E-state index < -0.39 is 12.1 Å². The monoisotopic (exact) mass is 322 g/mol. The summed E-state index contributed by atoms with van der Waals surface area (Å²) in [6, 6.07) is 6.14. The molecular weight excluding hydrogens is 300 g/mol. The number of carbonyl (C=O) groups is 2. The summed E-state index contributed by atoms with van der Waals surface area (Å²) in [5.41, 5.74) is 0.465. The van der Waals surface area contributed by atoms with E-state index in [0.29, 0.717) is 24.3 Å². The molecule has 1 amide bonds. The standard InChI is InChI=1S/C16H22N2O5/c1-22-15(20)10-23-12-6-4-11(5-7-12)16(21)18-13-9-17-8-2-3-14(13)19/h4-7,13-14,17,19H,2-3,8-10H2,1H3,(H,18,21)/t13-,14+/m0/s1. The summed E-state index contributed by atoms with van der Waals surface area (Å²) in [6.07, 6.45) is 1.01. The second-order valence-electron chi connectivity index (χ2n) is 5.38. The van der Waals surface area contributed by atoms with Crippen molar-refractivity contribution in [3.63, 3.8) is 0 Å². The Morgan fingerprint density at radius 3 is 2.78 bits per heavy atom. The van der Waals surface area contributed by atoms with Gasteiger partial charge in [-0.15, -0.1) is 0 Å². The normalized spacial score (nSPS) is 21.1. The maximum absolute atomic E-state index is 12.2. The highest BCUT2D eigenvalue weighted by Crippen LogP contribution is 2.13. The smallest absolute Gasteiger partial charge is 0.343 e. The van der Waals surface area contributed by atoms with Gasteiger partial charge < -0.3 is 25.2 Å². The molecule has 7 nitrogen and oxygen atoms in total. The second-order valence-corrected chi connectivity index (χ2v) is 5.38. The molecule has 0 saturated carbocycles. The number of nitrogens with one attached hydrogen (secondary N) is 2. The second kappa shape index (κ2) is 8.50. The molecule has 2 rings (SSSR count). The van der Waals surface area contributed by atoms with Crippen LogP contribution >= 0.6 is 0 Å².